The highest BCUT2D eigenvalue weighted by atomic mass is 19.3. The Morgan fingerprint density at radius 2 is 2.10 bits per heavy atom. The largest absolute Gasteiger partial charge is 0.393 e. The third-order valence-electron chi connectivity index (χ3n) is 5.19. The number of carbonyl (C=O) groups excluding carboxylic acids is 1. The summed E-state index contributed by atoms with van der Waals surface area (Å²) in [7, 11) is 0. The van der Waals surface area contributed by atoms with E-state index in [0.29, 0.717) is 37.2 Å². The monoisotopic (exact) mass is 422 g/mol. The molecule has 1 atom stereocenters. The number of nitrogens with zero attached hydrogens (tertiary/aromatic N) is 2. The quantitative estimate of drug-likeness (QED) is 0.553. The van der Waals surface area contributed by atoms with Gasteiger partial charge in [-0.2, -0.15) is 0 Å². The summed E-state index contributed by atoms with van der Waals surface area (Å²) in [5.41, 5.74) is 4.15. The lowest BCUT2D eigenvalue weighted by molar-refractivity contribution is -0.129. The summed E-state index contributed by atoms with van der Waals surface area (Å²) in [6.45, 7) is 1.67. The molecule has 0 spiro atoms. The van der Waals surface area contributed by atoms with E-state index in [1.54, 1.807) is 6.92 Å². The molecule has 1 saturated heterocycles. The molecule has 1 amide bonds. The summed E-state index contributed by atoms with van der Waals surface area (Å²) >= 11 is 0. The summed E-state index contributed by atoms with van der Waals surface area (Å²) in [5, 5.41) is 22.3. The highest BCUT2D eigenvalue weighted by molar-refractivity contribution is 5.97. The number of aromatic nitrogens is 2. The van der Waals surface area contributed by atoms with Crippen LogP contribution in [-0.2, 0) is 10.3 Å². The number of anilines is 1. The summed E-state index contributed by atoms with van der Waals surface area (Å²) in [6, 6.07) is 4.07. The van der Waals surface area contributed by atoms with E-state index in [0.717, 1.165) is 0 Å². The summed E-state index contributed by atoms with van der Waals surface area (Å²) < 4.78 is 31.9. The van der Waals surface area contributed by atoms with Crippen LogP contribution in [0, 0.1) is 6.92 Å². The molecule has 2 heterocycles. The Kier molecular flexibility index (Phi) is 6.59. The molecule has 0 bridgehead atoms. The highest BCUT2D eigenvalue weighted by Gasteiger charge is 2.39. The van der Waals surface area contributed by atoms with Crippen LogP contribution in [0.3, 0.4) is 0 Å². The number of aryl methyl sites for hydroxylation is 1. The number of aliphatic hydroxyl groups excluding tert-OH is 1. The molecule has 1 aromatic heterocycles. The van der Waals surface area contributed by atoms with Gasteiger partial charge in [0.2, 0.25) is 0 Å². The van der Waals surface area contributed by atoms with Crippen molar-refractivity contribution in [3.05, 3.63) is 41.2 Å². The number of hydrogen-bond acceptors (Lipinski definition) is 7. The van der Waals surface area contributed by atoms with Gasteiger partial charge in [0.15, 0.2) is 17.1 Å². The number of halogens is 2. The lowest BCUT2D eigenvalue weighted by Crippen LogP contribution is -2.39. The second kappa shape index (κ2) is 8.99. The van der Waals surface area contributed by atoms with Crippen LogP contribution in [0.4, 0.5) is 14.6 Å². The lowest BCUT2D eigenvalue weighted by atomic mass is 9.91. The van der Waals surface area contributed by atoms with E-state index in [1.165, 1.54) is 24.4 Å². The molecular weight excluding hydrogens is 398 g/mol. The zero-order valence-electron chi connectivity index (χ0n) is 16.4. The first-order valence-electron chi connectivity index (χ1n) is 9.50. The topological polar surface area (TPSA) is 131 Å². The number of benzene rings is 1. The van der Waals surface area contributed by atoms with E-state index in [2.05, 4.69) is 15.3 Å². The van der Waals surface area contributed by atoms with Crippen molar-refractivity contribution in [3.8, 4) is 11.3 Å². The number of nitrogens with one attached hydrogen (secondary N) is 1. The van der Waals surface area contributed by atoms with Crippen molar-refractivity contribution < 1.29 is 28.5 Å². The van der Waals surface area contributed by atoms with Gasteiger partial charge in [-0.1, -0.05) is 12.1 Å². The Morgan fingerprint density at radius 1 is 1.40 bits per heavy atom. The van der Waals surface area contributed by atoms with Crippen LogP contribution in [0.2, 0.25) is 0 Å². The lowest BCUT2D eigenvalue weighted by Gasteiger charge is -2.26. The SMILES string of the molecule is Cc1ccc(C(O)(CO)C(F)F)cc1-c1cnc(N)c(C(=O)NC2CCOCC2)n1. The summed E-state index contributed by atoms with van der Waals surface area (Å²) in [6.07, 6.45) is -0.524. The molecular formula is C20H24F2N4O4. The molecule has 1 aromatic carbocycles. The van der Waals surface area contributed by atoms with Crippen molar-refractivity contribution in [1.82, 2.24) is 15.3 Å². The first kappa shape index (κ1) is 22.0. The molecule has 8 nitrogen and oxygen atoms in total. The number of nitrogens with two attached hydrogens (primary N) is 1. The Morgan fingerprint density at radius 3 is 2.73 bits per heavy atom. The normalized spacial score (nSPS) is 17.0. The zero-order chi connectivity index (χ0) is 21.9. The van der Waals surface area contributed by atoms with Gasteiger partial charge in [0, 0.05) is 24.8 Å². The molecule has 10 heteroatoms. The molecule has 3 rings (SSSR count). The van der Waals surface area contributed by atoms with Gasteiger partial charge in [-0.15, -0.1) is 0 Å². The number of alkyl halides is 2. The predicted octanol–water partition coefficient (Wildman–Crippen LogP) is 1.39. The van der Waals surface area contributed by atoms with Gasteiger partial charge < -0.3 is 26.0 Å². The molecule has 162 valence electrons. The van der Waals surface area contributed by atoms with E-state index in [4.69, 9.17) is 10.5 Å². The minimum atomic E-state index is -3.20. The average Bonchev–Trinajstić information content (AvgIpc) is 2.74. The maximum Gasteiger partial charge on any atom is 0.273 e. The van der Waals surface area contributed by atoms with Gasteiger partial charge in [0.05, 0.1) is 18.5 Å². The van der Waals surface area contributed by atoms with E-state index in [9.17, 15) is 23.8 Å². The Bertz CT molecular complexity index is 922. The van der Waals surface area contributed by atoms with Gasteiger partial charge in [0.25, 0.3) is 12.3 Å². The number of ether oxygens (including phenoxy) is 1. The molecule has 30 heavy (non-hydrogen) atoms. The van der Waals surface area contributed by atoms with Gasteiger partial charge in [0.1, 0.15) is 0 Å². The summed E-state index contributed by atoms with van der Waals surface area (Å²) in [4.78, 5) is 21.0. The van der Waals surface area contributed by atoms with Crippen molar-refractivity contribution >= 4 is 11.7 Å². The number of nitrogen functional groups attached to an aromatic ring is 1. The van der Waals surface area contributed by atoms with Gasteiger partial charge >= 0.3 is 0 Å². The third kappa shape index (κ3) is 4.40. The van der Waals surface area contributed by atoms with E-state index < -0.39 is 24.5 Å². The van der Waals surface area contributed by atoms with Crippen LogP contribution in [0.25, 0.3) is 11.3 Å². The van der Waals surface area contributed by atoms with Crippen LogP contribution in [0.15, 0.2) is 24.4 Å². The smallest absolute Gasteiger partial charge is 0.273 e. The van der Waals surface area contributed by atoms with E-state index in [-0.39, 0.29) is 28.8 Å². The van der Waals surface area contributed by atoms with Crippen molar-refractivity contribution in [1.29, 1.82) is 0 Å². The van der Waals surface area contributed by atoms with Gasteiger partial charge in [-0.05, 0) is 37.0 Å². The number of carbonyl (C=O) groups is 1. The molecule has 1 fully saturated rings. The molecule has 1 aliphatic heterocycles. The second-order valence-electron chi connectivity index (χ2n) is 7.26. The fourth-order valence-corrected chi connectivity index (χ4v) is 3.24. The molecule has 0 saturated carbocycles. The van der Waals surface area contributed by atoms with Crippen molar-refractivity contribution in [2.24, 2.45) is 0 Å². The minimum Gasteiger partial charge on any atom is -0.393 e. The molecule has 0 aliphatic carbocycles. The first-order chi connectivity index (χ1) is 14.3. The maximum atomic E-state index is 13.3. The number of hydrogen-bond donors (Lipinski definition) is 4. The Hall–Kier alpha value is -2.69. The van der Waals surface area contributed by atoms with Crippen molar-refractivity contribution in [2.45, 2.75) is 37.8 Å². The molecule has 1 unspecified atom stereocenters. The number of amides is 1. The van der Waals surface area contributed by atoms with E-state index in [1.807, 2.05) is 0 Å². The third-order valence-corrected chi connectivity index (χ3v) is 5.19. The Balaban J connectivity index is 1.95. The van der Waals surface area contributed by atoms with Gasteiger partial charge in [-0.3, -0.25) is 4.79 Å². The van der Waals surface area contributed by atoms with Crippen LogP contribution in [-0.4, -0.2) is 58.4 Å². The average molecular weight is 422 g/mol. The fraction of sp³-hybridized carbons (Fsp3) is 0.450. The summed E-state index contributed by atoms with van der Waals surface area (Å²) in [5.74, 6) is -0.543. The van der Waals surface area contributed by atoms with Gasteiger partial charge in [-0.25, -0.2) is 18.7 Å². The van der Waals surface area contributed by atoms with Crippen LogP contribution < -0.4 is 11.1 Å². The standard InChI is InChI=1S/C20H24F2N4O4/c1-11-2-3-12(20(29,10-27)19(21)22)8-14(11)15-9-24-17(23)16(26-15)18(28)25-13-4-6-30-7-5-13/h2-3,8-9,13,19,27,29H,4-7,10H2,1H3,(H2,23,24)(H,25,28). The maximum absolute atomic E-state index is 13.3. The molecule has 2 aromatic rings. The molecule has 1 aliphatic rings. The van der Waals surface area contributed by atoms with Crippen molar-refractivity contribution in [3.63, 3.8) is 0 Å². The second-order valence-corrected chi connectivity index (χ2v) is 7.26. The highest BCUT2D eigenvalue weighted by Crippen LogP contribution is 2.32. The number of aliphatic hydroxyl groups is 2. The number of rotatable bonds is 6. The minimum absolute atomic E-state index is 0.0587. The fourth-order valence-electron chi connectivity index (χ4n) is 3.24. The van der Waals surface area contributed by atoms with Crippen LogP contribution in [0.1, 0.15) is 34.5 Å². The zero-order valence-corrected chi connectivity index (χ0v) is 16.4. The van der Waals surface area contributed by atoms with Crippen LogP contribution >= 0.6 is 0 Å². The van der Waals surface area contributed by atoms with Crippen LogP contribution in [0.5, 0.6) is 0 Å². The first-order valence-corrected chi connectivity index (χ1v) is 9.50. The predicted molar refractivity (Wildman–Crippen MR) is 105 cm³/mol. The molecule has 5 N–H and O–H groups in total. The van der Waals surface area contributed by atoms with E-state index >= 15 is 0 Å². The molecule has 0 radical (unpaired) electrons. The Labute approximate surface area is 172 Å². The van der Waals surface area contributed by atoms with Crippen molar-refractivity contribution in [2.75, 3.05) is 25.6 Å².